The van der Waals surface area contributed by atoms with Crippen molar-refractivity contribution < 1.29 is 0 Å². The monoisotopic (exact) mass is 567 g/mol. The fourth-order valence-electron chi connectivity index (χ4n) is 5.75. The number of nitrogens with zero attached hydrogens (tertiary/aromatic N) is 1. The molecule has 6 aromatic rings. The van der Waals surface area contributed by atoms with E-state index in [1.165, 1.54) is 44.5 Å². The molecule has 0 aliphatic carbocycles. The Morgan fingerprint density at radius 2 is 0.977 bits per heavy atom. The second kappa shape index (κ2) is 13.7. The number of hydrogen-bond acceptors (Lipinski definition) is 1. The molecule has 0 bridgehead atoms. The van der Waals surface area contributed by atoms with Crippen molar-refractivity contribution in [1.29, 1.82) is 0 Å². The Balaban J connectivity index is 1.30. The Morgan fingerprint density at radius 3 is 1.66 bits per heavy atom. The summed E-state index contributed by atoms with van der Waals surface area (Å²) in [7, 11) is 0. The van der Waals surface area contributed by atoms with E-state index in [9.17, 15) is 0 Å². The summed E-state index contributed by atoms with van der Waals surface area (Å²) in [6.45, 7) is 4.16. The normalized spacial score (nSPS) is 11.5. The minimum Gasteiger partial charge on any atom is -0.311 e. The lowest BCUT2D eigenvalue weighted by Crippen LogP contribution is -2.15. The lowest BCUT2D eigenvalue weighted by molar-refractivity contribution is 1.19. The van der Waals surface area contributed by atoms with Crippen LogP contribution in [0.5, 0.6) is 0 Å². The average Bonchev–Trinajstić information content (AvgIpc) is 3.09. The fraction of sp³-hybridized carbons (Fsp3) is 0.0698. The van der Waals surface area contributed by atoms with Gasteiger partial charge in [0.05, 0.1) is 0 Å². The van der Waals surface area contributed by atoms with Gasteiger partial charge in [-0.3, -0.25) is 0 Å². The highest BCUT2D eigenvalue weighted by Crippen LogP contribution is 2.35. The highest BCUT2D eigenvalue weighted by atomic mass is 15.1. The van der Waals surface area contributed by atoms with Crippen molar-refractivity contribution in [2.45, 2.75) is 20.3 Å². The zero-order valence-corrected chi connectivity index (χ0v) is 25.4. The molecule has 0 unspecified atom stereocenters. The van der Waals surface area contributed by atoms with E-state index < -0.39 is 0 Å². The van der Waals surface area contributed by atoms with Gasteiger partial charge in [0.25, 0.3) is 0 Å². The first kappa shape index (κ1) is 28.7. The van der Waals surface area contributed by atoms with Crippen molar-refractivity contribution in [3.8, 4) is 33.4 Å². The van der Waals surface area contributed by atoms with E-state index in [1.54, 1.807) is 0 Å². The minimum atomic E-state index is 0.933. The molecule has 0 spiro atoms. The third-order valence-electron chi connectivity index (χ3n) is 7.94. The summed E-state index contributed by atoms with van der Waals surface area (Å²) in [4.78, 5) is 2.32. The maximum Gasteiger partial charge on any atom is 0.0467 e. The van der Waals surface area contributed by atoms with Crippen LogP contribution in [0.3, 0.4) is 0 Å². The first-order valence-corrected chi connectivity index (χ1v) is 15.3. The van der Waals surface area contributed by atoms with Crippen LogP contribution in [0.1, 0.15) is 25.0 Å². The smallest absolute Gasteiger partial charge is 0.0467 e. The van der Waals surface area contributed by atoms with Gasteiger partial charge in [0, 0.05) is 17.1 Å². The van der Waals surface area contributed by atoms with Gasteiger partial charge in [0.15, 0.2) is 0 Å². The Morgan fingerprint density at radius 1 is 0.455 bits per heavy atom. The van der Waals surface area contributed by atoms with E-state index in [2.05, 4.69) is 195 Å². The van der Waals surface area contributed by atoms with Gasteiger partial charge in [0.2, 0.25) is 0 Å². The third-order valence-corrected chi connectivity index (χ3v) is 7.94. The molecule has 0 N–H and O–H groups in total. The molecule has 1 nitrogen and oxygen atoms in total. The van der Waals surface area contributed by atoms with Gasteiger partial charge in [-0.1, -0.05) is 140 Å². The zero-order chi connectivity index (χ0) is 30.1. The molecule has 214 valence electrons. The van der Waals surface area contributed by atoms with Gasteiger partial charge in [-0.05, 0) is 101 Å². The van der Waals surface area contributed by atoms with Gasteiger partial charge in [-0.25, -0.2) is 0 Å². The molecule has 0 aliphatic heterocycles. The molecular weight excluding hydrogens is 530 g/mol. The third kappa shape index (κ3) is 6.64. The van der Waals surface area contributed by atoms with E-state index in [0.29, 0.717) is 0 Å². The molecule has 0 aromatic heterocycles. The fourth-order valence-corrected chi connectivity index (χ4v) is 5.75. The summed E-state index contributed by atoms with van der Waals surface area (Å²) in [6, 6.07) is 56.7. The average molecular weight is 568 g/mol. The quantitative estimate of drug-likeness (QED) is 0.157. The second-order valence-electron chi connectivity index (χ2n) is 11.0. The summed E-state index contributed by atoms with van der Waals surface area (Å²) in [5.74, 6) is 0. The molecule has 0 amide bonds. The maximum atomic E-state index is 2.32. The van der Waals surface area contributed by atoms with Crippen molar-refractivity contribution >= 4 is 11.4 Å². The number of benzene rings is 6. The second-order valence-corrected chi connectivity index (χ2v) is 11.0. The van der Waals surface area contributed by atoms with Crippen molar-refractivity contribution in [2.24, 2.45) is 0 Å². The summed E-state index contributed by atoms with van der Waals surface area (Å²) >= 11 is 0. The lowest BCUT2D eigenvalue weighted by atomic mass is 9.96. The topological polar surface area (TPSA) is 3.24 Å². The largest absolute Gasteiger partial charge is 0.311 e. The van der Waals surface area contributed by atoms with Crippen molar-refractivity contribution in [2.75, 3.05) is 4.90 Å². The van der Waals surface area contributed by atoms with Crippen molar-refractivity contribution in [3.63, 3.8) is 0 Å². The Kier molecular flexibility index (Phi) is 8.95. The molecule has 1 heteroatoms. The highest BCUT2D eigenvalue weighted by Gasteiger charge is 2.14. The molecule has 0 saturated carbocycles. The van der Waals surface area contributed by atoms with Crippen LogP contribution in [0.15, 0.2) is 182 Å². The Hall–Kier alpha value is -5.40. The van der Waals surface area contributed by atoms with Crippen LogP contribution >= 0.6 is 0 Å². The first-order valence-electron chi connectivity index (χ1n) is 15.3. The van der Waals surface area contributed by atoms with Crippen LogP contribution in [0, 0.1) is 0 Å². The van der Waals surface area contributed by atoms with Gasteiger partial charge < -0.3 is 4.90 Å². The van der Waals surface area contributed by atoms with Crippen LogP contribution in [-0.4, -0.2) is 0 Å². The van der Waals surface area contributed by atoms with Gasteiger partial charge in [-0.15, -0.1) is 0 Å². The summed E-state index contributed by atoms with van der Waals surface area (Å²) in [5.41, 5.74) is 13.3. The van der Waals surface area contributed by atoms with Crippen LogP contribution in [0.4, 0.5) is 11.4 Å². The van der Waals surface area contributed by atoms with E-state index in [0.717, 1.165) is 23.5 Å². The molecule has 0 aliphatic rings. The molecule has 6 rings (SSSR count). The van der Waals surface area contributed by atoms with Crippen LogP contribution in [0.25, 0.3) is 33.4 Å². The van der Waals surface area contributed by atoms with Crippen molar-refractivity contribution in [3.05, 3.63) is 193 Å². The van der Waals surface area contributed by atoms with Gasteiger partial charge in [-0.2, -0.15) is 0 Å². The summed E-state index contributed by atoms with van der Waals surface area (Å²) < 4.78 is 0. The molecule has 0 atom stereocenters. The summed E-state index contributed by atoms with van der Waals surface area (Å²) in [6.07, 6.45) is 7.36. The highest BCUT2D eigenvalue weighted by molar-refractivity contribution is 5.78. The molecule has 44 heavy (non-hydrogen) atoms. The maximum absolute atomic E-state index is 2.32. The molecule has 6 aromatic carbocycles. The number of rotatable bonds is 9. The first-order chi connectivity index (χ1) is 21.7. The van der Waals surface area contributed by atoms with Crippen LogP contribution in [0.2, 0.25) is 0 Å². The van der Waals surface area contributed by atoms with Gasteiger partial charge in [0.1, 0.15) is 0 Å². The SMILES string of the molecule is C/C=C\C(=C/C)N(c1ccc(-c2cccc(-c3cccc(Cc4ccccc4)c3)c2)cc1)c1cccc(-c2ccccc2)c1. The predicted molar refractivity (Wildman–Crippen MR) is 189 cm³/mol. The van der Waals surface area contributed by atoms with E-state index in [1.807, 2.05) is 0 Å². The standard InChI is InChI=1S/C43H37N/c1-3-14-41(4-2)44(43-24-13-23-40(32-43)35-18-9-6-10-19-35)42-27-25-36(26-28-42)38-21-12-22-39(31-38)37-20-11-17-34(30-37)29-33-15-7-5-8-16-33/h3-28,30-32H,29H2,1-2H3/b14-3-,41-4+. The molecular formula is C43H37N. The molecule has 0 fully saturated rings. The van der Waals surface area contributed by atoms with Gasteiger partial charge >= 0.3 is 0 Å². The summed E-state index contributed by atoms with van der Waals surface area (Å²) in [5, 5.41) is 0. The van der Waals surface area contributed by atoms with E-state index in [4.69, 9.17) is 0 Å². The number of allylic oxidation sites excluding steroid dienone is 3. The molecule has 0 heterocycles. The number of hydrogen-bond donors (Lipinski definition) is 0. The molecule has 0 radical (unpaired) electrons. The lowest BCUT2D eigenvalue weighted by Gasteiger charge is -2.27. The molecule has 0 saturated heterocycles. The van der Waals surface area contributed by atoms with E-state index >= 15 is 0 Å². The zero-order valence-electron chi connectivity index (χ0n) is 25.4. The van der Waals surface area contributed by atoms with Crippen molar-refractivity contribution in [1.82, 2.24) is 0 Å². The number of anilines is 2. The Bertz CT molecular complexity index is 1880. The predicted octanol–water partition coefficient (Wildman–Crippen LogP) is 11.9. The van der Waals surface area contributed by atoms with Crippen LogP contribution < -0.4 is 4.90 Å². The Labute approximate surface area is 262 Å². The minimum absolute atomic E-state index is 0.933. The van der Waals surface area contributed by atoms with Crippen LogP contribution in [-0.2, 0) is 6.42 Å². The van der Waals surface area contributed by atoms with E-state index in [-0.39, 0.29) is 0 Å².